The van der Waals surface area contributed by atoms with E-state index < -0.39 is 15.9 Å². The first-order chi connectivity index (χ1) is 11.9. The Morgan fingerprint density at radius 1 is 1.24 bits per heavy atom. The van der Waals surface area contributed by atoms with Gasteiger partial charge in [-0.2, -0.15) is 0 Å². The molecular weight excluding hydrogens is 348 g/mol. The number of benzene rings is 1. The number of hydrogen-bond donors (Lipinski definition) is 2. The summed E-state index contributed by atoms with van der Waals surface area (Å²) in [6.45, 7) is 1.11. The fraction of sp³-hybridized carbons (Fsp3) is 0.562. The molecule has 0 unspecified atom stereocenters. The summed E-state index contributed by atoms with van der Waals surface area (Å²) < 4.78 is 44.4. The Morgan fingerprint density at radius 3 is 2.64 bits per heavy atom. The van der Waals surface area contributed by atoms with Gasteiger partial charge in [0, 0.05) is 6.04 Å². The van der Waals surface area contributed by atoms with Crippen LogP contribution in [0, 0.1) is 0 Å². The van der Waals surface area contributed by atoms with Crippen molar-refractivity contribution in [3.05, 3.63) is 23.8 Å². The maximum absolute atomic E-state index is 12.7. The van der Waals surface area contributed by atoms with Crippen LogP contribution in [0.4, 0.5) is 0 Å². The Kier molecular flexibility index (Phi) is 5.28. The molecule has 2 fully saturated rings. The zero-order chi connectivity index (χ0) is 18.0. The van der Waals surface area contributed by atoms with E-state index in [1.807, 2.05) is 0 Å². The van der Waals surface area contributed by atoms with Crippen molar-refractivity contribution >= 4 is 15.9 Å². The summed E-state index contributed by atoms with van der Waals surface area (Å²) >= 11 is 0. The van der Waals surface area contributed by atoms with Gasteiger partial charge in [-0.1, -0.05) is 0 Å². The molecule has 1 aromatic carbocycles. The number of amides is 1. The zero-order valence-electron chi connectivity index (χ0n) is 13.9. The molecule has 1 aromatic rings. The van der Waals surface area contributed by atoms with E-state index in [2.05, 4.69) is 4.72 Å². The smallest absolute Gasteiger partial charge is 0.252 e. The molecule has 3 rings (SSSR count). The van der Waals surface area contributed by atoms with Gasteiger partial charge in [-0.15, -0.1) is 0 Å². The third-order valence-electron chi connectivity index (χ3n) is 4.55. The lowest BCUT2D eigenvalue weighted by atomic mass is 9.90. The van der Waals surface area contributed by atoms with Crippen LogP contribution in [0.1, 0.15) is 29.6 Å². The molecule has 8 nitrogen and oxygen atoms in total. The highest BCUT2D eigenvalue weighted by Gasteiger charge is 2.36. The molecule has 138 valence electrons. The van der Waals surface area contributed by atoms with Crippen molar-refractivity contribution in [2.75, 3.05) is 20.3 Å². The Labute approximate surface area is 146 Å². The van der Waals surface area contributed by atoms with Crippen LogP contribution in [0.25, 0.3) is 0 Å². The van der Waals surface area contributed by atoms with Gasteiger partial charge in [0.05, 0.1) is 43.0 Å². The van der Waals surface area contributed by atoms with Gasteiger partial charge >= 0.3 is 0 Å². The molecule has 0 bridgehead atoms. The van der Waals surface area contributed by atoms with Crippen LogP contribution in [0.2, 0.25) is 0 Å². The van der Waals surface area contributed by atoms with E-state index in [1.54, 1.807) is 0 Å². The van der Waals surface area contributed by atoms with Crippen molar-refractivity contribution in [3.8, 4) is 5.75 Å². The van der Waals surface area contributed by atoms with Crippen LogP contribution in [-0.4, -0.2) is 52.9 Å². The Balaban J connectivity index is 1.75. The summed E-state index contributed by atoms with van der Waals surface area (Å²) in [6.07, 6.45) is 1.92. The number of rotatable bonds is 5. The van der Waals surface area contributed by atoms with Crippen LogP contribution >= 0.6 is 0 Å². The highest BCUT2D eigenvalue weighted by molar-refractivity contribution is 7.89. The Bertz CT molecular complexity index is 751. The minimum atomic E-state index is -3.79. The van der Waals surface area contributed by atoms with Crippen LogP contribution < -0.4 is 15.2 Å². The summed E-state index contributed by atoms with van der Waals surface area (Å²) in [4.78, 5) is 11.5. The SMILES string of the molecule is COc1ccc(S(=O)(=O)N[C@@H]2CC[C@@H]3OCCO[C@H]3C2)cc1C(N)=O. The number of carbonyl (C=O) groups is 1. The average molecular weight is 370 g/mol. The second-order valence-electron chi connectivity index (χ2n) is 6.18. The predicted octanol–water partition coefficient (Wildman–Crippen LogP) is 0.409. The summed E-state index contributed by atoms with van der Waals surface area (Å²) in [6, 6.07) is 3.80. The molecule has 1 amide bonds. The van der Waals surface area contributed by atoms with Gasteiger partial charge in [-0.3, -0.25) is 4.79 Å². The molecule has 1 aliphatic carbocycles. The molecule has 0 aromatic heterocycles. The van der Waals surface area contributed by atoms with Crippen molar-refractivity contribution in [3.63, 3.8) is 0 Å². The summed E-state index contributed by atoms with van der Waals surface area (Å²) in [5, 5.41) is 0. The van der Waals surface area contributed by atoms with E-state index >= 15 is 0 Å². The van der Waals surface area contributed by atoms with Crippen molar-refractivity contribution in [2.45, 2.75) is 42.4 Å². The van der Waals surface area contributed by atoms with E-state index in [-0.39, 0.29) is 34.5 Å². The van der Waals surface area contributed by atoms with Gasteiger partial charge < -0.3 is 19.9 Å². The highest BCUT2D eigenvalue weighted by atomic mass is 32.2. The number of ether oxygens (including phenoxy) is 3. The van der Waals surface area contributed by atoms with Gasteiger partial charge in [-0.25, -0.2) is 13.1 Å². The van der Waals surface area contributed by atoms with Gasteiger partial charge in [0.2, 0.25) is 10.0 Å². The van der Waals surface area contributed by atoms with Crippen LogP contribution in [0.15, 0.2) is 23.1 Å². The number of nitrogens with two attached hydrogens (primary N) is 1. The lowest BCUT2D eigenvalue weighted by molar-refractivity contribution is -0.156. The number of primary amides is 1. The largest absolute Gasteiger partial charge is 0.496 e. The monoisotopic (exact) mass is 370 g/mol. The molecule has 9 heteroatoms. The minimum absolute atomic E-state index is 0.0231. The zero-order valence-corrected chi connectivity index (χ0v) is 14.8. The Hall–Kier alpha value is -1.68. The van der Waals surface area contributed by atoms with E-state index in [4.69, 9.17) is 19.9 Å². The second kappa shape index (κ2) is 7.28. The van der Waals surface area contributed by atoms with Crippen LogP contribution in [0.5, 0.6) is 5.75 Å². The summed E-state index contributed by atoms with van der Waals surface area (Å²) in [5.74, 6) is -0.512. The predicted molar refractivity (Wildman–Crippen MR) is 89.0 cm³/mol. The highest BCUT2D eigenvalue weighted by Crippen LogP contribution is 2.28. The fourth-order valence-electron chi connectivity index (χ4n) is 3.31. The fourth-order valence-corrected chi connectivity index (χ4v) is 4.62. The first-order valence-electron chi connectivity index (χ1n) is 8.14. The summed E-state index contributed by atoms with van der Waals surface area (Å²) in [7, 11) is -2.40. The number of nitrogens with one attached hydrogen (secondary N) is 1. The van der Waals surface area contributed by atoms with Crippen molar-refractivity contribution in [2.24, 2.45) is 5.73 Å². The van der Waals surface area contributed by atoms with Crippen molar-refractivity contribution < 1.29 is 27.4 Å². The lowest BCUT2D eigenvalue weighted by Crippen LogP contribution is -2.49. The molecule has 0 spiro atoms. The molecular formula is C16H22N2O6S. The molecule has 0 radical (unpaired) electrons. The van der Waals surface area contributed by atoms with Gasteiger partial charge in [0.1, 0.15) is 5.75 Å². The molecule has 1 heterocycles. The molecule has 2 aliphatic rings. The molecule has 3 atom stereocenters. The van der Waals surface area contributed by atoms with Crippen molar-refractivity contribution in [1.82, 2.24) is 4.72 Å². The van der Waals surface area contributed by atoms with Gasteiger partial charge in [0.25, 0.3) is 5.91 Å². The number of fused-ring (bicyclic) bond motifs is 1. The third kappa shape index (κ3) is 3.95. The quantitative estimate of drug-likeness (QED) is 0.775. The molecule has 25 heavy (non-hydrogen) atoms. The van der Waals surface area contributed by atoms with Crippen LogP contribution in [0.3, 0.4) is 0 Å². The van der Waals surface area contributed by atoms with E-state index in [9.17, 15) is 13.2 Å². The number of carbonyl (C=O) groups excluding carboxylic acids is 1. The molecule has 3 N–H and O–H groups in total. The average Bonchev–Trinajstić information content (AvgIpc) is 2.60. The molecule has 1 saturated heterocycles. The van der Waals surface area contributed by atoms with E-state index in [1.165, 1.54) is 25.3 Å². The number of sulfonamides is 1. The first kappa shape index (κ1) is 18.1. The number of hydrogen-bond acceptors (Lipinski definition) is 6. The Morgan fingerprint density at radius 2 is 1.96 bits per heavy atom. The third-order valence-corrected chi connectivity index (χ3v) is 6.07. The summed E-state index contributed by atoms with van der Waals surface area (Å²) in [5.41, 5.74) is 5.32. The minimum Gasteiger partial charge on any atom is -0.496 e. The second-order valence-corrected chi connectivity index (χ2v) is 7.89. The lowest BCUT2D eigenvalue weighted by Gasteiger charge is -2.38. The first-order valence-corrected chi connectivity index (χ1v) is 9.62. The maximum Gasteiger partial charge on any atom is 0.252 e. The van der Waals surface area contributed by atoms with Gasteiger partial charge in [0.15, 0.2) is 0 Å². The topological polar surface area (TPSA) is 117 Å². The normalized spacial score (nSPS) is 26.7. The number of methoxy groups -OCH3 is 1. The van der Waals surface area contributed by atoms with E-state index in [0.29, 0.717) is 26.1 Å². The standard InChI is InChI=1S/C16H22N2O6S/c1-22-13-5-3-11(9-12(13)16(17)19)25(20,21)18-10-2-4-14-15(8-10)24-7-6-23-14/h3,5,9-10,14-15,18H,2,4,6-8H2,1H3,(H2,17,19)/t10-,14+,15+/m1/s1. The maximum atomic E-state index is 12.7. The van der Waals surface area contributed by atoms with Crippen LogP contribution in [-0.2, 0) is 19.5 Å². The molecule has 1 aliphatic heterocycles. The van der Waals surface area contributed by atoms with Crippen molar-refractivity contribution in [1.29, 1.82) is 0 Å². The van der Waals surface area contributed by atoms with Gasteiger partial charge in [-0.05, 0) is 37.5 Å². The molecule has 1 saturated carbocycles. The van der Waals surface area contributed by atoms with E-state index in [0.717, 1.165) is 6.42 Å².